The van der Waals surface area contributed by atoms with Gasteiger partial charge in [-0.2, -0.15) is 0 Å². The minimum absolute atomic E-state index is 0.148. The van der Waals surface area contributed by atoms with E-state index in [4.69, 9.17) is 19.2 Å². The number of amides is 1. The van der Waals surface area contributed by atoms with E-state index in [0.717, 1.165) is 17.0 Å². The zero-order valence-electron chi connectivity index (χ0n) is 17.9. The minimum atomic E-state index is -0.148. The number of rotatable bonds is 6. The largest absolute Gasteiger partial charge is 0.497 e. The van der Waals surface area contributed by atoms with Crippen LogP contribution in [0.1, 0.15) is 5.56 Å². The lowest BCUT2D eigenvalue weighted by Gasteiger charge is -2.16. The van der Waals surface area contributed by atoms with Crippen LogP contribution in [0, 0.1) is 0 Å². The van der Waals surface area contributed by atoms with Crippen LogP contribution in [0.3, 0.4) is 0 Å². The summed E-state index contributed by atoms with van der Waals surface area (Å²) in [7, 11) is 4.78. The smallest absolute Gasteiger partial charge is 0.271 e. The third-order valence-corrected chi connectivity index (χ3v) is 5.79. The molecule has 0 N–H and O–H groups in total. The summed E-state index contributed by atoms with van der Waals surface area (Å²) in [6, 6.07) is 22.4. The molecule has 1 heterocycles. The average Bonchev–Trinajstić information content (AvgIpc) is 3.13. The number of nitrogens with zero attached hydrogens (tertiary/aromatic N) is 2. The maximum atomic E-state index is 13.4. The van der Waals surface area contributed by atoms with Crippen LogP contribution in [0.15, 0.2) is 82.7 Å². The van der Waals surface area contributed by atoms with Gasteiger partial charge in [-0.1, -0.05) is 24.3 Å². The number of anilines is 1. The maximum Gasteiger partial charge on any atom is 0.271 e. The molecule has 6 nitrogen and oxygen atoms in total. The van der Waals surface area contributed by atoms with E-state index in [9.17, 15) is 4.79 Å². The van der Waals surface area contributed by atoms with E-state index in [2.05, 4.69) is 0 Å². The topological polar surface area (TPSA) is 60.4 Å². The van der Waals surface area contributed by atoms with Crippen molar-refractivity contribution < 1.29 is 19.0 Å². The lowest BCUT2D eigenvalue weighted by atomic mass is 10.2. The van der Waals surface area contributed by atoms with Gasteiger partial charge >= 0.3 is 0 Å². The van der Waals surface area contributed by atoms with Crippen LogP contribution < -0.4 is 19.1 Å². The van der Waals surface area contributed by atoms with Crippen LogP contribution in [-0.2, 0) is 4.79 Å². The summed E-state index contributed by atoms with van der Waals surface area (Å²) in [6.07, 6.45) is 1.83. The first-order valence-corrected chi connectivity index (χ1v) is 10.7. The molecule has 3 aromatic carbocycles. The molecule has 32 heavy (non-hydrogen) atoms. The van der Waals surface area contributed by atoms with E-state index in [-0.39, 0.29) is 5.91 Å². The number of methoxy groups -OCH3 is 3. The van der Waals surface area contributed by atoms with Gasteiger partial charge in [0.15, 0.2) is 16.7 Å². The number of carbonyl (C=O) groups is 1. The number of amidine groups is 1. The molecule has 1 saturated heterocycles. The van der Waals surface area contributed by atoms with Crippen molar-refractivity contribution in [3.63, 3.8) is 0 Å². The zero-order chi connectivity index (χ0) is 22.5. The molecule has 0 unspecified atom stereocenters. The molecule has 7 heteroatoms. The molecule has 1 fully saturated rings. The van der Waals surface area contributed by atoms with Crippen LogP contribution >= 0.6 is 11.8 Å². The van der Waals surface area contributed by atoms with Crippen LogP contribution in [0.4, 0.5) is 11.4 Å². The van der Waals surface area contributed by atoms with Gasteiger partial charge in [-0.25, -0.2) is 4.99 Å². The van der Waals surface area contributed by atoms with Crippen molar-refractivity contribution in [2.75, 3.05) is 26.2 Å². The summed E-state index contributed by atoms with van der Waals surface area (Å²) in [5.41, 5.74) is 2.32. The molecule has 0 atom stereocenters. The summed E-state index contributed by atoms with van der Waals surface area (Å²) in [6.45, 7) is 0. The van der Waals surface area contributed by atoms with Crippen molar-refractivity contribution >= 4 is 40.3 Å². The Kier molecular flexibility index (Phi) is 6.47. The molecule has 0 radical (unpaired) electrons. The Balaban J connectivity index is 1.75. The first-order valence-electron chi connectivity index (χ1n) is 9.86. The molecular weight excluding hydrogens is 424 g/mol. The van der Waals surface area contributed by atoms with Gasteiger partial charge in [0.25, 0.3) is 5.91 Å². The Hall–Kier alpha value is -3.71. The fraction of sp³-hybridized carbons (Fsp3) is 0.120. The molecular formula is C25H22N2O4S. The first-order chi connectivity index (χ1) is 15.6. The van der Waals surface area contributed by atoms with E-state index in [1.54, 1.807) is 26.2 Å². The molecule has 0 aromatic heterocycles. The van der Waals surface area contributed by atoms with E-state index >= 15 is 0 Å². The molecule has 0 spiro atoms. The summed E-state index contributed by atoms with van der Waals surface area (Å²) in [4.78, 5) is 20.3. The highest BCUT2D eigenvalue weighted by Gasteiger charge is 2.34. The van der Waals surface area contributed by atoms with Crippen LogP contribution in [0.2, 0.25) is 0 Å². The predicted molar refractivity (Wildman–Crippen MR) is 129 cm³/mol. The van der Waals surface area contributed by atoms with Crippen LogP contribution in [0.25, 0.3) is 6.08 Å². The Morgan fingerprint density at radius 2 is 1.56 bits per heavy atom. The second-order valence-corrected chi connectivity index (χ2v) is 7.80. The molecule has 4 rings (SSSR count). The quantitative estimate of drug-likeness (QED) is 0.467. The van der Waals surface area contributed by atoms with Gasteiger partial charge in [-0.3, -0.25) is 9.69 Å². The Morgan fingerprint density at radius 3 is 2.22 bits per heavy atom. The lowest BCUT2D eigenvalue weighted by Crippen LogP contribution is -2.28. The summed E-state index contributed by atoms with van der Waals surface area (Å²) >= 11 is 1.33. The third-order valence-electron chi connectivity index (χ3n) is 4.82. The molecule has 0 saturated carbocycles. The van der Waals surface area contributed by atoms with Gasteiger partial charge < -0.3 is 14.2 Å². The third kappa shape index (κ3) is 4.48. The average molecular weight is 447 g/mol. The fourth-order valence-corrected chi connectivity index (χ4v) is 4.22. The number of para-hydroxylation sites is 1. The van der Waals surface area contributed by atoms with Gasteiger partial charge in [-0.15, -0.1) is 0 Å². The number of carbonyl (C=O) groups excluding carboxylic acids is 1. The lowest BCUT2D eigenvalue weighted by molar-refractivity contribution is -0.113. The molecule has 0 aliphatic carbocycles. The van der Waals surface area contributed by atoms with Crippen molar-refractivity contribution in [3.05, 3.63) is 83.3 Å². The highest BCUT2D eigenvalue weighted by molar-refractivity contribution is 8.19. The highest BCUT2D eigenvalue weighted by Crippen LogP contribution is 2.38. The summed E-state index contributed by atoms with van der Waals surface area (Å²) < 4.78 is 15.9. The fourth-order valence-electron chi connectivity index (χ4n) is 3.21. The second kappa shape index (κ2) is 9.62. The monoisotopic (exact) mass is 446 g/mol. The second-order valence-electron chi connectivity index (χ2n) is 6.79. The van der Waals surface area contributed by atoms with E-state index < -0.39 is 0 Å². The van der Waals surface area contributed by atoms with Crippen LogP contribution in [-0.4, -0.2) is 32.4 Å². The zero-order valence-corrected chi connectivity index (χ0v) is 18.8. The van der Waals surface area contributed by atoms with Crippen molar-refractivity contribution in [1.82, 2.24) is 0 Å². The first kappa shape index (κ1) is 21.5. The molecule has 1 amide bonds. The number of thioether (sulfide) groups is 1. The van der Waals surface area contributed by atoms with Gasteiger partial charge in [0.1, 0.15) is 5.75 Å². The molecule has 0 bridgehead atoms. The number of ether oxygens (including phenoxy) is 3. The molecule has 1 aliphatic heterocycles. The van der Waals surface area contributed by atoms with E-state index in [1.807, 2.05) is 78.9 Å². The van der Waals surface area contributed by atoms with E-state index in [0.29, 0.717) is 27.3 Å². The van der Waals surface area contributed by atoms with Crippen molar-refractivity contribution in [3.8, 4) is 17.2 Å². The number of benzene rings is 3. The van der Waals surface area contributed by atoms with Crippen molar-refractivity contribution in [1.29, 1.82) is 0 Å². The maximum absolute atomic E-state index is 13.4. The normalized spacial score (nSPS) is 16.0. The van der Waals surface area contributed by atoms with E-state index in [1.165, 1.54) is 11.8 Å². The van der Waals surface area contributed by atoms with Gasteiger partial charge in [-0.05, 0) is 71.9 Å². The number of hydrogen-bond acceptors (Lipinski definition) is 6. The number of hydrogen-bond donors (Lipinski definition) is 0. The van der Waals surface area contributed by atoms with Gasteiger partial charge in [0, 0.05) is 0 Å². The SMILES string of the molecule is COc1ccc(N2C(=O)/C(=C/c3ccc(OC)c(OC)c3)S/C2=N\c2ccccc2)cc1. The van der Waals surface area contributed by atoms with Crippen molar-refractivity contribution in [2.45, 2.75) is 0 Å². The summed E-state index contributed by atoms with van der Waals surface area (Å²) in [5.74, 6) is 1.80. The highest BCUT2D eigenvalue weighted by atomic mass is 32.2. The Morgan fingerprint density at radius 1 is 0.844 bits per heavy atom. The molecule has 1 aliphatic rings. The number of aliphatic imine (C=N–C) groups is 1. The predicted octanol–water partition coefficient (Wildman–Crippen LogP) is 5.52. The van der Waals surface area contributed by atoms with Gasteiger partial charge in [0.05, 0.1) is 37.6 Å². The standard InChI is InChI=1S/C25H22N2O4S/c1-29-20-12-10-19(11-13-20)27-24(28)23(32-25(27)26-18-7-5-4-6-8-18)16-17-9-14-21(30-2)22(15-17)31-3/h4-16H,1-3H3/b23-16-,26-25-. The molecule has 3 aromatic rings. The minimum Gasteiger partial charge on any atom is -0.497 e. The van der Waals surface area contributed by atoms with Gasteiger partial charge in [0.2, 0.25) is 0 Å². The Bertz CT molecular complexity index is 1170. The molecule has 162 valence electrons. The van der Waals surface area contributed by atoms with Crippen LogP contribution in [0.5, 0.6) is 17.2 Å². The Labute approximate surface area is 191 Å². The summed E-state index contributed by atoms with van der Waals surface area (Å²) in [5, 5.41) is 0.582. The van der Waals surface area contributed by atoms with Crippen molar-refractivity contribution in [2.24, 2.45) is 4.99 Å².